The number of hydrogen-bond donors (Lipinski definition) is 2. The predicted molar refractivity (Wildman–Crippen MR) is 77.3 cm³/mol. The summed E-state index contributed by atoms with van der Waals surface area (Å²) in [6.07, 6.45) is 0. The van der Waals surface area contributed by atoms with Gasteiger partial charge in [0.1, 0.15) is 11.4 Å². The predicted octanol–water partition coefficient (Wildman–Crippen LogP) is 1.39. The van der Waals surface area contributed by atoms with E-state index in [-0.39, 0.29) is 11.5 Å². The third-order valence-corrected chi connectivity index (χ3v) is 3.05. The number of hydrogen-bond acceptors (Lipinski definition) is 6. The lowest BCUT2D eigenvalue weighted by Gasteiger charge is -2.11. The maximum Gasteiger partial charge on any atom is 0.275 e. The topological polar surface area (TPSA) is 73.6 Å². The average Bonchev–Trinajstić information content (AvgIpc) is 2.46. The minimum absolute atomic E-state index is 0.165. The Labute approximate surface area is 121 Å². The first kappa shape index (κ1) is 14.3. The minimum atomic E-state index is -0.444. The van der Waals surface area contributed by atoms with Crippen molar-refractivity contribution in [1.29, 1.82) is 0 Å². The highest BCUT2D eigenvalue weighted by atomic mass is 32.1. The van der Waals surface area contributed by atoms with Gasteiger partial charge in [0.05, 0.1) is 19.9 Å². The number of rotatable bonds is 4. The summed E-state index contributed by atoms with van der Waals surface area (Å²) in [6, 6.07) is 6.09. The molecule has 7 heteroatoms. The molecular weight excluding hydrogens is 280 g/mol. The van der Waals surface area contributed by atoms with E-state index in [0.29, 0.717) is 22.9 Å². The number of aromatic hydroxyl groups is 1. The lowest BCUT2D eigenvalue weighted by atomic mass is 10.2. The van der Waals surface area contributed by atoms with Gasteiger partial charge in [-0.2, -0.15) is 22.4 Å². The summed E-state index contributed by atoms with van der Waals surface area (Å²) >= 11 is 4.06. The van der Waals surface area contributed by atoms with Gasteiger partial charge in [-0.3, -0.25) is 4.79 Å². The molecule has 0 amide bonds. The molecule has 0 atom stereocenters. The molecular formula is C13H14N2O4S. The zero-order valence-electron chi connectivity index (χ0n) is 11.0. The second kappa shape index (κ2) is 5.87. The number of nitrogens with zero attached hydrogens (tertiary/aromatic N) is 2. The van der Waals surface area contributed by atoms with Crippen molar-refractivity contribution in [2.45, 2.75) is 5.75 Å². The molecule has 0 aliphatic carbocycles. The summed E-state index contributed by atoms with van der Waals surface area (Å²) in [5.41, 5.74) is 0.388. The average molecular weight is 294 g/mol. The molecule has 0 saturated carbocycles. The van der Waals surface area contributed by atoms with Crippen LogP contribution >= 0.6 is 12.6 Å². The number of thiol groups is 1. The van der Waals surface area contributed by atoms with Gasteiger partial charge in [0.25, 0.3) is 5.56 Å². The van der Waals surface area contributed by atoms with Crippen LogP contribution in [0.25, 0.3) is 5.69 Å². The molecule has 0 saturated heterocycles. The maximum atomic E-state index is 11.9. The Hall–Kier alpha value is -2.15. The Morgan fingerprint density at radius 2 is 1.95 bits per heavy atom. The maximum absolute atomic E-state index is 11.9. The molecule has 0 spiro atoms. The molecule has 106 valence electrons. The van der Waals surface area contributed by atoms with Crippen molar-refractivity contribution < 1.29 is 14.6 Å². The molecule has 20 heavy (non-hydrogen) atoms. The van der Waals surface area contributed by atoms with Gasteiger partial charge in [0, 0.05) is 17.9 Å². The van der Waals surface area contributed by atoms with E-state index in [0.717, 1.165) is 6.07 Å². The molecule has 0 unspecified atom stereocenters. The molecule has 0 radical (unpaired) electrons. The Bertz CT molecular complexity index is 685. The molecule has 0 fully saturated rings. The van der Waals surface area contributed by atoms with E-state index < -0.39 is 5.56 Å². The lowest BCUT2D eigenvalue weighted by Crippen LogP contribution is -2.21. The van der Waals surface area contributed by atoms with Crippen molar-refractivity contribution in [2.24, 2.45) is 0 Å². The van der Waals surface area contributed by atoms with Crippen molar-refractivity contribution >= 4 is 12.6 Å². The number of benzene rings is 1. The fourth-order valence-corrected chi connectivity index (χ4v) is 1.96. The van der Waals surface area contributed by atoms with Crippen molar-refractivity contribution in [3.05, 3.63) is 40.3 Å². The summed E-state index contributed by atoms with van der Waals surface area (Å²) in [7, 11) is 3.04. The van der Waals surface area contributed by atoms with Gasteiger partial charge in [-0.15, -0.1) is 0 Å². The van der Waals surface area contributed by atoms with Gasteiger partial charge in [0.15, 0.2) is 11.5 Å². The van der Waals surface area contributed by atoms with E-state index in [1.807, 2.05) is 0 Å². The number of aromatic nitrogens is 2. The van der Waals surface area contributed by atoms with E-state index in [4.69, 9.17) is 9.47 Å². The fourth-order valence-electron chi connectivity index (χ4n) is 1.74. The normalized spacial score (nSPS) is 10.3. The van der Waals surface area contributed by atoms with E-state index in [1.54, 1.807) is 18.2 Å². The molecule has 1 N–H and O–H groups in total. The molecule has 1 aromatic heterocycles. The van der Waals surface area contributed by atoms with Gasteiger partial charge < -0.3 is 14.6 Å². The molecule has 2 rings (SSSR count). The van der Waals surface area contributed by atoms with Crippen LogP contribution in [0.3, 0.4) is 0 Å². The molecule has 0 bridgehead atoms. The number of methoxy groups -OCH3 is 2. The number of ether oxygens (including phenoxy) is 2. The second-order valence-electron chi connectivity index (χ2n) is 3.92. The molecule has 2 aromatic rings. The van der Waals surface area contributed by atoms with E-state index in [2.05, 4.69) is 17.7 Å². The summed E-state index contributed by atoms with van der Waals surface area (Å²) in [5.74, 6) is 1.10. The van der Waals surface area contributed by atoms with Crippen molar-refractivity contribution in [2.75, 3.05) is 14.2 Å². The van der Waals surface area contributed by atoms with Crippen LogP contribution in [0.1, 0.15) is 5.69 Å². The van der Waals surface area contributed by atoms with E-state index in [9.17, 15) is 9.90 Å². The van der Waals surface area contributed by atoms with Gasteiger partial charge in [0.2, 0.25) is 0 Å². The monoisotopic (exact) mass is 294 g/mol. The van der Waals surface area contributed by atoms with Crippen LogP contribution in [0.2, 0.25) is 0 Å². The van der Waals surface area contributed by atoms with Crippen LogP contribution in [0.5, 0.6) is 17.2 Å². The summed E-state index contributed by atoms with van der Waals surface area (Å²) in [4.78, 5) is 11.9. The van der Waals surface area contributed by atoms with Crippen LogP contribution in [0.15, 0.2) is 29.1 Å². The van der Waals surface area contributed by atoms with Gasteiger partial charge in [-0.1, -0.05) is 0 Å². The minimum Gasteiger partial charge on any atom is -0.506 e. The Kier molecular flexibility index (Phi) is 4.19. The summed E-state index contributed by atoms with van der Waals surface area (Å²) < 4.78 is 11.5. The smallest absolute Gasteiger partial charge is 0.275 e. The first-order chi connectivity index (χ1) is 9.60. The first-order valence-corrected chi connectivity index (χ1v) is 6.39. The highest BCUT2D eigenvalue weighted by Gasteiger charge is 2.11. The SMILES string of the molecule is COc1ccc(-n2nc(CS)c(O)cc2=O)cc1OC. The van der Waals surface area contributed by atoms with Crippen molar-refractivity contribution in [3.8, 4) is 22.9 Å². The zero-order valence-corrected chi connectivity index (χ0v) is 11.9. The van der Waals surface area contributed by atoms with Crippen molar-refractivity contribution in [3.63, 3.8) is 0 Å². The highest BCUT2D eigenvalue weighted by Crippen LogP contribution is 2.28. The van der Waals surface area contributed by atoms with Crippen LogP contribution in [0.4, 0.5) is 0 Å². The van der Waals surface area contributed by atoms with Crippen LogP contribution in [0, 0.1) is 0 Å². The quantitative estimate of drug-likeness (QED) is 0.834. The van der Waals surface area contributed by atoms with Crippen LogP contribution < -0.4 is 15.0 Å². The summed E-state index contributed by atoms with van der Waals surface area (Å²) in [5, 5.41) is 13.6. The third-order valence-electron chi connectivity index (χ3n) is 2.75. The zero-order chi connectivity index (χ0) is 14.7. The molecule has 0 aliphatic heterocycles. The Morgan fingerprint density at radius 3 is 2.55 bits per heavy atom. The standard InChI is InChI=1S/C13H14N2O4S/c1-18-11-4-3-8(5-12(11)19-2)15-13(17)6-10(16)9(7-20)14-15/h3-6,16,20H,7H2,1-2H3. The Balaban J connectivity index is 2.59. The van der Waals surface area contributed by atoms with E-state index in [1.165, 1.54) is 18.9 Å². The molecule has 0 aliphatic rings. The van der Waals surface area contributed by atoms with Gasteiger partial charge in [-0.25, -0.2) is 0 Å². The second-order valence-corrected chi connectivity index (χ2v) is 4.24. The molecule has 1 heterocycles. The van der Waals surface area contributed by atoms with Crippen molar-refractivity contribution in [1.82, 2.24) is 9.78 Å². The fraction of sp³-hybridized carbons (Fsp3) is 0.231. The van der Waals surface area contributed by atoms with Crippen LogP contribution in [-0.2, 0) is 5.75 Å². The van der Waals surface area contributed by atoms with E-state index >= 15 is 0 Å². The largest absolute Gasteiger partial charge is 0.506 e. The van der Waals surface area contributed by atoms with Gasteiger partial charge >= 0.3 is 0 Å². The Morgan fingerprint density at radius 1 is 1.25 bits per heavy atom. The summed E-state index contributed by atoms with van der Waals surface area (Å²) in [6.45, 7) is 0. The van der Waals surface area contributed by atoms with Crippen LogP contribution in [-0.4, -0.2) is 29.1 Å². The van der Waals surface area contributed by atoms with Gasteiger partial charge in [-0.05, 0) is 12.1 Å². The first-order valence-electron chi connectivity index (χ1n) is 5.76. The lowest BCUT2D eigenvalue weighted by molar-refractivity contribution is 0.354. The molecule has 1 aromatic carbocycles. The highest BCUT2D eigenvalue weighted by molar-refractivity contribution is 7.79. The molecule has 6 nitrogen and oxygen atoms in total. The third kappa shape index (κ3) is 2.57.